The fourth-order valence-corrected chi connectivity index (χ4v) is 2.52. The Balaban J connectivity index is 2.16. The Morgan fingerprint density at radius 2 is 2.25 bits per heavy atom. The summed E-state index contributed by atoms with van der Waals surface area (Å²) in [6.07, 6.45) is 3.40. The van der Waals surface area contributed by atoms with Gasteiger partial charge < -0.3 is 16.3 Å². The fraction of sp³-hybridized carbons (Fsp3) is 0.308. The van der Waals surface area contributed by atoms with Crippen LogP contribution in [-0.4, -0.2) is 21.0 Å². The Kier molecular flexibility index (Phi) is 4.31. The second-order valence-corrected chi connectivity index (χ2v) is 5.71. The number of aromatic nitrogens is 2. The molecule has 0 aromatic carbocycles. The molecule has 2 aromatic heterocycles. The number of rotatable bonds is 5. The summed E-state index contributed by atoms with van der Waals surface area (Å²) < 4.78 is 0. The molecule has 0 fully saturated rings. The van der Waals surface area contributed by atoms with E-state index in [4.69, 9.17) is 10.9 Å². The molecule has 0 radical (unpaired) electrons. The zero-order valence-electron chi connectivity index (χ0n) is 11.4. The van der Waals surface area contributed by atoms with Gasteiger partial charge in [-0.25, -0.2) is 4.98 Å². The second kappa shape index (κ2) is 5.98. The van der Waals surface area contributed by atoms with Crippen LogP contribution in [0, 0.1) is 0 Å². The molecule has 0 amide bonds. The van der Waals surface area contributed by atoms with Crippen molar-refractivity contribution in [1.29, 1.82) is 0 Å². The third-order valence-electron chi connectivity index (χ3n) is 2.93. The normalized spacial score (nSPS) is 12.6. The van der Waals surface area contributed by atoms with Crippen molar-refractivity contribution in [1.82, 2.24) is 15.3 Å². The van der Waals surface area contributed by atoms with E-state index >= 15 is 0 Å². The van der Waals surface area contributed by atoms with Gasteiger partial charge in [-0.3, -0.25) is 4.98 Å². The number of nitrogens with one attached hydrogen (secondary N) is 1. The van der Waals surface area contributed by atoms with Gasteiger partial charge >= 0.3 is 0 Å². The molecule has 4 N–H and O–H groups in total. The highest BCUT2D eigenvalue weighted by Crippen LogP contribution is 2.22. The van der Waals surface area contributed by atoms with Crippen molar-refractivity contribution >= 4 is 17.2 Å². The highest BCUT2D eigenvalue weighted by Gasteiger charge is 2.23. The van der Waals surface area contributed by atoms with Crippen LogP contribution in [0.5, 0.6) is 0 Å². The minimum atomic E-state index is -0.258. The molecular weight excluding hydrogens is 274 g/mol. The average molecular weight is 291 g/mol. The first-order valence-electron chi connectivity index (χ1n) is 6.11. The molecule has 0 spiro atoms. The van der Waals surface area contributed by atoms with Crippen LogP contribution in [0.25, 0.3) is 0 Å². The maximum Gasteiger partial charge on any atom is 0.189 e. The first kappa shape index (κ1) is 14.4. The number of hydrogen-bond acceptors (Lipinski definition) is 6. The molecule has 0 saturated carbocycles. The number of nitrogens with zero attached hydrogens (tertiary/aromatic N) is 3. The summed E-state index contributed by atoms with van der Waals surface area (Å²) in [5, 5.41) is 18.2. The summed E-state index contributed by atoms with van der Waals surface area (Å²) in [5.74, 6) is 0.00875. The van der Waals surface area contributed by atoms with Crippen molar-refractivity contribution in [3.8, 4) is 0 Å². The van der Waals surface area contributed by atoms with E-state index in [1.807, 2.05) is 17.5 Å². The van der Waals surface area contributed by atoms with Crippen LogP contribution in [0.15, 0.2) is 35.1 Å². The molecule has 2 heterocycles. The zero-order chi connectivity index (χ0) is 14.6. The highest BCUT2D eigenvalue weighted by atomic mass is 32.1. The maximum absolute atomic E-state index is 8.79. The van der Waals surface area contributed by atoms with E-state index in [0.29, 0.717) is 12.2 Å². The zero-order valence-corrected chi connectivity index (χ0v) is 12.2. The monoisotopic (exact) mass is 291 g/mol. The van der Waals surface area contributed by atoms with E-state index < -0.39 is 0 Å². The van der Waals surface area contributed by atoms with E-state index in [2.05, 4.69) is 34.3 Å². The molecule has 20 heavy (non-hydrogen) atoms. The van der Waals surface area contributed by atoms with Crippen LogP contribution in [0.2, 0.25) is 0 Å². The van der Waals surface area contributed by atoms with Crippen LogP contribution < -0.4 is 11.1 Å². The number of nitrogens with two attached hydrogens (primary N) is 1. The molecule has 0 unspecified atom stereocenters. The lowest BCUT2D eigenvalue weighted by Crippen LogP contribution is -2.36. The Hall–Kier alpha value is -1.99. The van der Waals surface area contributed by atoms with Gasteiger partial charge in [-0.1, -0.05) is 11.2 Å². The topological polar surface area (TPSA) is 96.4 Å². The second-order valence-electron chi connectivity index (χ2n) is 4.81. The summed E-state index contributed by atoms with van der Waals surface area (Å²) in [5.41, 5.74) is 6.72. The van der Waals surface area contributed by atoms with Crippen LogP contribution in [-0.2, 0) is 12.1 Å². The van der Waals surface area contributed by atoms with E-state index in [9.17, 15) is 0 Å². The predicted octanol–water partition coefficient (Wildman–Crippen LogP) is 1.66. The first-order chi connectivity index (χ1) is 9.54. The minimum absolute atomic E-state index is 0.00875. The molecule has 2 rings (SSSR count). The van der Waals surface area contributed by atoms with Crippen molar-refractivity contribution in [3.05, 3.63) is 46.2 Å². The van der Waals surface area contributed by atoms with Crippen LogP contribution >= 0.6 is 11.3 Å². The molecular formula is C13H17N5OS. The molecule has 0 aliphatic rings. The fourth-order valence-electron chi connectivity index (χ4n) is 1.78. The molecule has 0 aliphatic carbocycles. The van der Waals surface area contributed by atoms with Gasteiger partial charge in [-0.15, -0.1) is 11.3 Å². The molecule has 0 saturated heterocycles. The number of amidine groups is 1. The summed E-state index contributed by atoms with van der Waals surface area (Å²) in [4.78, 5) is 8.47. The van der Waals surface area contributed by atoms with Gasteiger partial charge in [0.25, 0.3) is 0 Å². The van der Waals surface area contributed by atoms with Gasteiger partial charge in [0, 0.05) is 24.3 Å². The lowest BCUT2D eigenvalue weighted by Gasteiger charge is -2.24. The van der Waals surface area contributed by atoms with Gasteiger partial charge in [0.2, 0.25) is 0 Å². The van der Waals surface area contributed by atoms with Crippen LogP contribution in [0.1, 0.15) is 30.1 Å². The van der Waals surface area contributed by atoms with E-state index in [0.717, 1.165) is 10.6 Å². The Morgan fingerprint density at radius 3 is 2.90 bits per heavy atom. The summed E-state index contributed by atoms with van der Waals surface area (Å²) in [6, 6.07) is 3.72. The molecule has 0 atom stereocenters. The maximum atomic E-state index is 8.79. The highest BCUT2D eigenvalue weighted by molar-refractivity contribution is 7.09. The van der Waals surface area contributed by atoms with Gasteiger partial charge in [0.05, 0.1) is 5.54 Å². The van der Waals surface area contributed by atoms with Gasteiger partial charge in [-0.05, 0) is 25.5 Å². The van der Waals surface area contributed by atoms with Gasteiger partial charge in [0.15, 0.2) is 5.84 Å². The molecule has 106 valence electrons. The molecule has 0 aliphatic heterocycles. The Bertz CT molecular complexity index is 595. The minimum Gasteiger partial charge on any atom is -0.409 e. The number of oxime groups is 1. The standard InChI is InChI=1S/C13H17N5OS/c1-13(2,12-16-6-7-20-12)17-8-9-4-3-5-15-10(9)11(14)18-19/h3-7,17,19H,8H2,1-2H3,(H2,14,18). The Labute approximate surface area is 121 Å². The van der Waals surface area contributed by atoms with Crippen molar-refractivity contribution < 1.29 is 5.21 Å². The number of thiazole rings is 1. The van der Waals surface area contributed by atoms with Crippen molar-refractivity contribution in [2.24, 2.45) is 10.9 Å². The van der Waals surface area contributed by atoms with Crippen LogP contribution in [0.3, 0.4) is 0 Å². The lowest BCUT2D eigenvalue weighted by molar-refractivity contribution is 0.318. The summed E-state index contributed by atoms with van der Waals surface area (Å²) in [7, 11) is 0. The number of pyridine rings is 1. The first-order valence-corrected chi connectivity index (χ1v) is 6.99. The summed E-state index contributed by atoms with van der Waals surface area (Å²) in [6.45, 7) is 4.67. The van der Waals surface area contributed by atoms with E-state index in [1.165, 1.54) is 0 Å². The smallest absolute Gasteiger partial charge is 0.189 e. The quantitative estimate of drug-likeness (QED) is 0.337. The molecule has 7 heteroatoms. The third kappa shape index (κ3) is 3.12. The Morgan fingerprint density at radius 1 is 1.45 bits per heavy atom. The molecule has 2 aromatic rings. The van der Waals surface area contributed by atoms with Crippen molar-refractivity contribution in [2.75, 3.05) is 0 Å². The van der Waals surface area contributed by atoms with Gasteiger partial charge in [-0.2, -0.15) is 0 Å². The SMILES string of the molecule is CC(C)(NCc1cccnc1/C(N)=N/O)c1nccs1. The van der Waals surface area contributed by atoms with Crippen molar-refractivity contribution in [3.63, 3.8) is 0 Å². The predicted molar refractivity (Wildman–Crippen MR) is 78.7 cm³/mol. The summed E-state index contributed by atoms with van der Waals surface area (Å²) >= 11 is 1.60. The molecule has 0 bridgehead atoms. The van der Waals surface area contributed by atoms with E-state index in [1.54, 1.807) is 23.7 Å². The number of hydrogen-bond donors (Lipinski definition) is 3. The lowest BCUT2D eigenvalue weighted by atomic mass is 10.1. The third-order valence-corrected chi connectivity index (χ3v) is 4.03. The van der Waals surface area contributed by atoms with Gasteiger partial charge in [0.1, 0.15) is 10.7 Å². The molecule has 6 nitrogen and oxygen atoms in total. The van der Waals surface area contributed by atoms with Crippen LogP contribution in [0.4, 0.5) is 0 Å². The average Bonchev–Trinajstić information content (AvgIpc) is 3.00. The van der Waals surface area contributed by atoms with Crippen molar-refractivity contribution in [2.45, 2.75) is 25.9 Å². The largest absolute Gasteiger partial charge is 0.409 e. The van der Waals surface area contributed by atoms with E-state index in [-0.39, 0.29) is 11.4 Å².